The Morgan fingerprint density at radius 1 is 1.03 bits per heavy atom. The van der Waals surface area contributed by atoms with Crippen molar-refractivity contribution in [3.05, 3.63) is 115 Å². The molecule has 3 aromatic rings. The van der Waals surface area contributed by atoms with Crippen LogP contribution in [-0.2, 0) is 16.1 Å². The number of hydrogen-bond acceptors (Lipinski definition) is 5. The number of carbonyl (C=O) groups excluding carboxylic acids is 2. The van der Waals surface area contributed by atoms with E-state index in [0.717, 1.165) is 5.56 Å². The van der Waals surface area contributed by atoms with Crippen LogP contribution in [0.1, 0.15) is 46.8 Å². The average molecular weight is 627 g/mol. The van der Waals surface area contributed by atoms with Crippen LogP contribution < -0.4 is 10.1 Å². The summed E-state index contributed by atoms with van der Waals surface area (Å²) in [4.78, 5) is 26.8. The molecule has 1 atom stereocenters. The lowest BCUT2D eigenvalue weighted by Gasteiger charge is -2.29. The highest BCUT2D eigenvalue weighted by atomic mass is 79.9. The van der Waals surface area contributed by atoms with Gasteiger partial charge in [-0.1, -0.05) is 42.5 Å². The van der Waals surface area contributed by atoms with Crippen LogP contribution in [0.5, 0.6) is 5.75 Å². The molecule has 0 bridgehead atoms. The number of hydrogen-bond donors (Lipinski definition) is 1. The molecule has 0 unspecified atom stereocenters. The zero-order valence-electron chi connectivity index (χ0n) is 20.0. The summed E-state index contributed by atoms with van der Waals surface area (Å²) in [6.45, 7) is 3.80. The number of esters is 1. The summed E-state index contributed by atoms with van der Waals surface area (Å²) in [5.41, 5.74) is 4.71. The predicted molar refractivity (Wildman–Crippen MR) is 145 cm³/mol. The van der Waals surface area contributed by atoms with Crippen LogP contribution >= 0.6 is 31.9 Å². The average Bonchev–Trinajstić information content (AvgIpc) is 3.15. The van der Waals surface area contributed by atoms with Crippen LogP contribution in [0.3, 0.4) is 0 Å². The lowest BCUT2D eigenvalue weighted by Crippen LogP contribution is -2.29. The maximum atomic E-state index is 14.1. The van der Waals surface area contributed by atoms with Crippen molar-refractivity contribution in [3.63, 3.8) is 0 Å². The summed E-state index contributed by atoms with van der Waals surface area (Å²) in [6.07, 6.45) is 0. The largest absolute Gasteiger partial charge is 0.486 e. The third kappa shape index (κ3) is 4.53. The molecule has 0 radical (unpaired) electrons. The topological polar surface area (TPSA) is 64.6 Å². The fourth-order valence-electron chi connectivity index (χ4n) is 4.79. The quantitative estimate of drug-likeness (QED) is 0.297. The number of carbonyl (C=O) groups is 2. The molecule has 5 rings (SSSR count). The lowest BCUT2D eigenvalue weighted by molar-refractivity contribution is -0.138. The lowest BCUT2D eigenvalue weighted by atomic mass is 9.80. The first kappa shape index (κ1) is 25.4. The minimum absolute atomic E-state index is 0.0345. The molecule has 0 amide bonds. The second-order valence-electron chi connectivity index (χ2n) is 8.67. The number of rotatable bonds is 6. The van der Waals surface area contributed by atoms with E-state index in [1.165, 1.54) is 6.07 Å². The van der Waals surface area contributed by atoms with Crippen LogP contribution in [0, 0.1) is 5.82 Å². The number of Topliss-reactive ketones (excluding diaryl/α,β-unsaturated/α-hetero) is 1. The molecule has 0 fully saturated rings. The number of halogens is 3. The summed E-state index contributed by atoms with van der Waals surface area (Å²) in [5, 5.41) is 3.29. The van der Waals surface area contributed by atoms with E-state index in [9.17, 15) is 14.0 Å². The third-order valence-corrected chi connectivity index (χ3v) is 7.61. The normalized spacial score (nSPS) is 16.4. The summed E-state index contributed by atoms with van der Waals surface area (Å²) in [6, 6.07) is 17.5. The minimum Gasteiger partial charge on any atom is -0.486 e. The summed E-state index contributed by atoms with van der Waals surface area (Å²) in [5.74, 6) is -1.15. The Morgan fingerprint density at radius 3 is 2.35 bits per heavy atom. The number of ether oxygens (including phenoxy) is 2. The highest BCUT2D eigenvalue weighted by Crippen LogP contribution is 2.48. The van der Waals surface area contributed by atoms with Crippen molar-refractivity contribution >= 4 is 49.3 Å². The Kier molecular flexibility index (Phi) is 7.05. The predicted octanol–water partition coefficient (Wildman–Crippen LogP) is 7.06. The van der Waals surface area contributed by atoms with Crippen LogP contribution in [0.2, 0.25) is 0 Å². The number of dihydropyridines is 1. The van der Waals surface area contributed by atoms with E-state index < -0.39 is 11.9 Å². The molecule has 1 aliphatic carbocycles. The monoisotopic (exact) mass is 625 g/mol. The molecule has 2 aliphatic rings. The molecule has 188 valence electrons. The Labute approximate surface area is 230 Å². The van der Waals surface area contributed by atoms with Crippen molar-refractivity contribution in [2.45, 2.75) is 26.4 Å². The van der Waals surface area contributed by atoms with Crippen molar-refractivity contribution in [1.29, 1.82) is 0 Å². The fraction of sp³-hybridized carbons (Fsp3) is 0.172. The molecule has 1 aliphatic heterocycles. The Morgan fingerprint density at radius 2 is 1.68 bits per heavy atom. The number of fused-ring (bicyclic) bond motifs is 2. The number of ketones is 1. The van der Waals surface area contributed by atoms with Gasteiger partial charge >= 0.3 is 5.97 Å². The van der Waals surface area contributed by atoms with E-state index in [2.05, 4.69) is 37.2 Å². The van der Waals surface area contributed by atoms with Crippen molar-refractivity contribution in [1.82, 2.24) is 5.32 Å². The van der Waals surface area contributed by atoms with E-state index in [0.29, 0.717) is 53.9 Å². The van der Waals surface area contributed by atoms with Crippen molar-refractivity contribution < 1.29 is 23.5 Å². The molecule has 3 aromatic carbocycles. The van der Waals surface area contributed by atoms with Gasteiger partial charge in [-0.3, -0.25) is 4.79 Å². The van der Waals surface area contributed by atoms with Gasteiger partial charge in [0.2, 0.25) is 0 Å². The van der Waals surface area contributed by atoms with Gasteiger partial charge in [0, 0.05) is 33.9 Å². The minimum atomic E-state index is -0.664. The molecule has 1 heterocycles. The highest BCUT2D eigenvalue weighted by Gasteiger charge is 2.43. The SMILES string of the molecule is CCOC(=O)C1=C(C)NC2=C(C(=O)c3ccccc32)[C@H]1c1cc(Br)c(OCc2ccccc2F)c(Br)c1. The second-order valence-corrected chi connectivity index (χ2v) is 10.4. The van der Waals surface area contributed by atoms with E-state index in [1.54, 1.807) is 31.2 Å². The van der Waals surface area contributed by atoms with Gasteiger partial charge in [0.05, 0.1) is 26.8 Å². The molecule has 0 spiro atoms. The number of benzene rings is 3. The van der Waals surface area contributed by atoms with Crippen LogP contribution in [0.15, 0.2) is 86.5 Å². The van der Waals surface area contributed by atoms with Gasteiger partial charge in [0.15, 0.2) is 5.78 Å². The summed E-state index contributed by atoms with van der Waals surface area (Å²) < 4.78 is 26.6. The molecule has 1 N–H and O–H groups in total. The van der Waals surface area contributed by atoms with Crippen LogP contribution in [-0.4, -0.2) is 18.4 Å². The van der Waals surface area contributed by atoms with Gasteiger partial charge in [0.1, 0.15) is 18.2 Å². The standard InChI is InChI=1S/C29H22Br2FNO4/c1-3-36-29(35)23-15(2)33-26-18-9-5-6-10-19(18)27(34)25(26)24(23)17-12-20(30)28(21(31)13-17)37-14-16-8-4-7-11-22(16)32/h4-13,24,33H,3,14H2,1-2H3/t24-/m0/s1. The molecule has 37 heavy (non-hydrogen) atoms. The van der Waals surface area contributed by atoms with Crippen LogP contribution in [0.4, 0.5) is 4.39 Å². The molecule has 8 heteroatoms. The highest BCUT2D eigenvalue weighted by molar-refractivity contribution is 9.11. The van der Waals surface area contributed by atoms with Gasteiger partial charge in [-0.25, -0.2) is 9.18 Å². The third-order valence-electron chi connectivity index (χ3n) is 6.43. The van der Waals surface area contributed by atoms with Gasteiger partial charge in [-0.15, -0.1) is 0 Å². The van der Waals surface area contributed by atoms with Gasteiger partial charge in [-0.2, -0.15) is 0 Å². The Balaban J connectivity index is 1.59. The first-order chi connectivity index (χ1) is 17.8. The molecular weight excluding hydrogens is 605 g/mol. The van der Waals surface area contributed by atoms with E-state index in [1.807, 2.05) is 37.3 Å². The number of allylic oxidation sites excluding steroid dienone is 2. The second kappa shape index (κ2) is 10.3. The van der Waals surface area contributed by atoms with Gasteiger partial charge in [-0.05, 0) is 69.5 Å². The first-order valence-corrected chi connectivity index (χ1v) is 13.3. The van der Waals surface area contributed by atoms with Crippen molar-refractivity contribution in [3.8, 4) is 5.75 Å². The van der Waals surface area contributed by atoms with Crippen molar-refractivity contribution in [2.75, 3.05) is 6.61 Å². The van der Waals surface area contributed by atoms with Crippen LogP contribution in [0.25, 0.3) is 5.70 Å². The maximum absolute atomic E-state index is 14.1. The summed E-state index contributed by atoms with van der Waals surface area (Å²) >= 11 is 7.16. The molecule has 0 aromatic heterocycles. The van der Waals surface area contributed by atoms with E-state index in [-0.39, 0.29) is 24.8 Å². The number of nitrogens with one attached hydrogen (secondary N) is 1. The Bertz CT molecular complexity index is 1490. The fourth-order valence-corrected chi connectivity index (χ4v) is 6.24. The van der Waals surface area contributed by atoms with Gasteiger partial charge < -0.3 is 14.8 Å². The smallest absolute Gasteiger partial charge is 0.336 e. The zero-order valence-corrected chi connectivity index (χ0v) is 23.2. The van der Waals surface area contributed by atoms with Gasteiger partial charge in [0.25, 0.3) is 0 Å². The maximum Gasteiger partial charge on any atom is 0.336 e. The first-order valence-electron chi connectivity index (χ1n) is 11.7. The Hall–Kier alpha value is -3.23. The molecule has 0 saturated carbocycles. The van der Waals surface area contributed by atoms with E-state index >= 15 is 0 Å². The molecular formula is C29H22Br2FNO4. The summed E-state index contributed by atoms with van der Waals surface area (Å²) in [7, 11) is 0. The zero-order chi connectivity index (χ0) is 26.3. The molecule has 0 saturated heterocycles. The van der Waals surface area contributed by atoms with Crippen molar-refractivity contribution in [2.24, 2.45) is 0 Å². The molecule has 5 nitrogen and oxygen atoms in total. The van der Waals surface area contributed by atoms with E-state index in [4.69, 9.17) is 9.47 Å².